The molecule has 0 radical (unpaired) electrons. The third-order valence-electron chi connectivity index (χ3n) is 6.72. The number of hydrogen-bond donors (Lipinski definition) is 3. The van der Waals surface area contributed by atoms with E-state index in [1.165, 1.54) is 11.1 Å². The molecule has 33 heavy (non-hydrogen) atoms. The number of pyridine rings is 1. The van der Waals surface area contributed by atoms with Crippen LogP contribution in [0.15, 0.2) is 42.6 Å². The number of anilines is 1. The molecule has 0 aliphatic carbocycles. The number of amides is 2. The molecule has 0 bridgehead atoms. The Morgan fingerprint density at radius 2 is 2.03 bits per heavy atom. The summed E-state index contributed by atoms with van der Waals surface area (Å²) in [5.41, 5.74) is 3.19. The number of benzene rings is 1. The monoisotopic (exact) mass is 451 g/mol. The van der Waals surface area contributed by atoms with E-state index in [4.69, 9.17) is 0 Å². The first-order valence-electron chi connectivity index (χ1n) is 11.7. The SMILES string of the molecule is CC1c2ccccc2CCN1CC(O)CNC(=O)c1ccnc(NC2CCN(C=O)CC2)c1. The van der Waals surface area contributed by atoms with Gasteiger partial charge in [-0.05, 0) is 49.4 Å². The maximum Gasteiger partial charge on any atom is 0.251 e. The lowest BCUT2D eigenvalue weighted by Gasteiger charge is -2.36. The van der Waals surface area contributed by atoms with Gasteiger partial charge in [-0.25, -0.2) is 4.98 Å². The number of rotatable bonds is 8. The van der Waals surface area contributed by atoms with Crippen LogP contribution in [0.3, 0.4) is 0 Å². The number of hydrogen-bond acceptors (Lipinski definition) is 6. The van der Waals surface area contributed by atoms with Crippen molar-refractivity contribution in [2.75, 3.05) is 38.0 Å². The molecule has 1 aromatic heterocycles. The molecule has 8 heteroatoms. The van der Waals surface area contributed by atoms with Crippen molar-refractivity contribution in [3.05, 3.63) is 59.3 Å². The number of piperidine rings is 1. The summed E-state index contributed by atoms with van der Waals surface area (Å²) in [7, 11) is 0. The highest BCUT2D eigenvalue weighted by molar-refractivity contribution is 5.94. The number of aliphatic hydroxyl groups excluding tert-OH is 1. The standard InChI is InChI=1S/C25H33N5O3/c1-18-23-5-3-2-4-19(23)7-13-30(18)16-22(32)15-27-25(33)20-6-10-26-24(14-20)28-21-8-11-29(17-31)12-9-21/h2-6,10,14,17-18,21-22,32H,7-9,11-13,15-16H2,1H3,(H,26,28)(H,27,33). The second-order valence-electron chi connectivity index (χ2n) is 8.97. The summed E-state index contributed by atoms with van der Waals surface area (Å²) in [6, 6.07) is 12.3. The van der Waals surface area contributed by atoms with Crippen molar-refractivity contribution < 1.29 is 14.7 Å². The van der Waals surface area contributed by atoms with Crippen LogP contribution >= 0.6 is 0 Å². The van der Waals surface area contributed by atoms with E-state index >= 15 is 0 Å². The molecule has 4 rings (SSSR count). The van der Waals surface area contributed by atoms with Crippen molar-refractivity contribution in [3.8, 4) is 0 Å². The maximum absolute atomic E-state index is 12.7. The van der Waals surface area contributed by atoms with Gasteiger partial charge in [-0.3, -0.25) is 14.5 Å². The van der Waals surface area contributed by atoms with E-state index in [9.17, 15) is 14.7 Å². The Balaban J connectivity index is 1.26. The van der Waals surface area contributed by atoms with Crippen LogP contribution in [0.2, 0.25) is 0 Å². The predicted molar refractivity (Wildman–Crippen MR) is 127 cm³/mol. The molecule has 2 aliphatic heterocycles. The summed E-state index contributed by atoms with van der Waals surface area (Å²) in [6.45, 7) is 5.21. The molecule has 3 N–H and O–H groups in total. The molecule has 8 nitrogen and oxygen atoms in total. The van der Waals surface area contributed by atoms with E-state index in [1.807, 2.05) is 0 Å². The Morgan fingerprint density at radius 3 is 2.82 bits per heavy atom. The quantitative estimate of drug-likeness (QED) is 0.530. The van der Waals surface area contributed by atoms with Crippen molar-refractivity contribution in [1.29, 1.82) is 0 Å². The molecular formula is C25H33N5O3. The van der Waals surface area contributed by atoms with Crippen LogP contribution in [-0.4, -0.2) is 77.1 Å². The van der Waals surface area contributed by atoms with Crippen LogP contribution in [0, 0.1) is 0 Å². The minimum atomic E-state index is -0.649. The number of aliphatic hydroxyl groups is 1. The Morgan fingerprint density at radius 1 is 1.24 bits per heavy atom. The van der Waals surface area contributed by atoms with E-state index in [1.54, 1.807) is 23.2 Å². The Labute approximate surface area is 195 Å². The van der Waals surface area contributed by atoms with Gasteiger partial charge in [-0.1, -0.05) is 24.3 Å². The first kappa shape index (κ1) is 23.2. The maximum atomic E-state index is 12.7. The van der Waals surface area contributed by atoms with E-state index in [0.717, 1.165) is 45.3 Å². The third kappa shape index (κ3) is 5.89. The molecule has 3 heterocycles. The normalized spacial score (nSPS) is 20.1. The van der Waals surface area contributed by atoms with Crippen molar-refractivity contribution in [3.63, 3.8) is 0 Å². The highest BCUT2D eigenvalue weighted by Crippen LogP contribution is 2.29. The van der Waals surface area contributed by atoms with E-state index < -0.39 is 6.10 Å². The van der Waals surface area contributed by atoms with Gasteiger partial charge in [0.2, 0.25) is 6.41 Å². The number of nitrogens with one attached hydrogen (secondary N) is 2. The van der Waals surface area contributed by atoms with Gasteiger partial charge in [-0.15, -0.1) is 0 Å². The van der Waals surface area contributed by atoms with Gasteiger partial charge in [0, 0.05) is 56.6 Å². The fraction of sp³-hybridized carbons (Fsp3) is 0.480. The Kier molecular flexibility index (Phi) is 7.57. The van der Waals surface area contributed by atoms with Gasteiger partial charge < -0.3 is 20.6 Å². The zero-order valence-corrected chi connectivity index (χ0v) is 19.1. The molecule has 1 aromatic carbocycles. The van der Waals surface area contributed by atoms with Crippen LogP contribution in [-0.2, 0) is 11.2 Å². The number of carbonyl (C=O) groups excluding carboxylic acids is 2. The van der Waals surface area contributed by atoms with Crippen LogP contribution < -0.4 is 10.6 Å². The summed E-state index contributed by atoms with van der Waals surface area (Å²) < 4.78 is 0. The smallest absolute Gasteiger partial charge is 0.251 e. The molecule has 176 valence electrons. The Hall–Kier alpha value is -2.97. The number of β-amino-alcohol motifs (C(OH)–C–C–N with tert-alkyl or cyclic N) is 1. The molecule has 1 fully saturated rings. The largest absolute Gasteiger partial charge is 0.390 e. The lowest BCUT2D eigenvalue weighted by molar-refractivity contribution is -0.118. The van der Waals surface area contributed by atoms with Crippen LogP contribution in [0.5, 0.6) is 0 Å². The van der Waals surface area contributed by atoms with Gasteiger partial charge in [0.25, 0.3) is 5.91 Å². The van der Waals surface area contributed by atoms with Crippen LogP contribution in [0.4, 0.5) is 5.82 Å². The van der Waals surface area contributed by atoms with Crippen molar-refractivity contribution in [1.82, 2.24) is 20.1 Å². The fourth-order valence-corrected chi connectivity index (χ4v) is 4.73. The second-order valence-corrected chi connectivity index (χ2v) is 8.97. The molecule has 1 saturated heterocycles. The predicted octanol–water partition coefficient (Wildman–Crippen LogP) is 1.82. The van der Waals surface area contributed by atoms with Gasteiger partial charge >= 0.3 is 0 Å². The first-order chi connectivity index (χ1) is 16.0. The number of aromatic nitrogens is 1. The average molecular weight is 452 g/mol. The number of likely N-dealkylation sites (tertiary alicyclic amines) is 1. The van der Waals surface area contributed by atoms with Gasteiger partial charge in [0.1, 0.15) is 5.82 Å². The Bertz CT molecular complexity index is 961. The lowest BCUT2D eigenvalue weighted by Crippen LogP contribution is -2.43. The molecule has 0 saturated carbocycles. The lowest BCUT2D eigenvalue weighted by atomic mass is 9.93. The number of carbonyl (C=O) groups is 2. The summed E-state index contributed by atoms with van der Waals surface area (Å²) in [4.78, 5) is 31.9. The van der Waals surface area contributed by atoms with Crippen molar-refractivity contribution >= 4 is 18.1 Å². The average Bonchev–Trinajstić information content (AvgIpc) is 2.85. The summed E-state index contributed by atoms with van der Waals surface area (Å²) in [5.74, 6) is 0.417. The topological polar surface area (TPSA) is 97.8 Å². The van der Waals surface area contributed by atoms with E-state index in [2.05, 4.69) is 51.7 Å². The minimum absolute atomic E-state index is 0.193. The molecule has 2 aromatic rings. The molecule has 2 unspecified atom stereocenters. The van der Waals surface area contributed by atoms with E-state index in [0.29, 0.717) is 17.9 Å². The number of fused-ring (bicyclic) bond motifs is 1. The van der Waals surface area contributed by atoms with Crippen LogP contribution in [0.1, 0.15) is 47.3 Å². The van der Waals surface area contributed by atoms with Gasteiger partial charge in [0.05, 0.1) is 6.10 Å². The van der Waals surface area contributed by atoms with Crippen LogP contribution in [0.25, 0.3) is 0 Å². The summed E-state index contributed by atoms with van der Waals surface area (Å²) in [5, 5.41) is 16.8. The minimum Gasteiger partial charge on any atom is -0.390 e. The van der Waals surface area contributed by atoms with E-state index in [-0.39, 0.29) is 24.5 Å². The first-order valence-corrected chi connectivity index (χ1v) is 11.7. The molecule has 2 aliphatic rings. The van der Waals surface area contributed by atoms with Gasteiger partial charge in [-0.2, -0.15) is 0 Å². The highest BCUT2D eigenvalue weighted by Gasteiger charge is 2.25. The van der Waals surface area contributed by atoms with Gasteiger partial charge in [0.15, 0.2) is 0 Å². The second kappa shape index (κ2) is 10.8. The third-order valence-corrected chi connectivity index (χ3v) is 6.72. The fourth-order valence-electron chi connectivity index (χ4n) is 4.73. The van der Waals surface area contributed by atoms with Crippen molar-refractivity contribution in [2.45, 2.75) is 44.4 Å². The molecule has 2 amide bonds. The zero-order chi connectivity index (χ0) is 23.2. The highest BCUT2D eigenvalue weighted by atomic mass is 16.3. The number of nitrogens with zero attached hydrogens (tertiary/aromatic N) is 3. The summed E-state index contributed by atoms with van der Waals surface area (Å²) in [6.07, 6.45) is 4.52. The van der Waals surface area contributed by atoms with Crippen molar-refractivity contribution in [2.24, 2.45) is 0 Å². The molecule has 2 atom stereocenters. The summed E-state index contributed by atoms with van der Waals surface area (Å²) >= 11 is 0. The zero-order valence-electron chi connectivity index (χ0n) is 19.1. The molecule has 0 spiro atoms. The molecular weight excluding hydrogens is 418 g/mol.